The van der Waals surface area contributed by atoms with Crippen LogP contribution >= 0.6 is 0 Å². The van der Waals surface area contributed by atoms with Crippen LogP contribution < -0.4 is 4.74 Å². The fraction of sp³-hybridized carbons (Fsp3) is 0.385. The van der Waals surface area contributed by atoms with Crippen LogP contribution in [0.25, 0.3) is 0 Å². The molecule has 1 aromatic carbocycles. The van der Waals surface area contributed by atoms with E-state index >= 15 is 0 Å². The minimum Gasteiger partial charge on any atom is -0.494 e. The number of hydrogen-bond acceptors (Lipinski definition) is 4. The fourth-order valence-corrected chi connectivity index (χ4v) is 1.32. The molecular formula is C13H17NO3. The standard InChI is InChI=1S/C13H17NO3/c1-4-17-12-7-5-11(6-8-12)14-10(2)9-13(15)16-3/h5-8H,4,9H2,1-3H3. The van der Waals surface area contributed by atoms with E-state index in [9.17, 15) is 4.79 Å². The molecule has 0 saturated heterocycles. The Labute approximate surface area is 101 Å². The van der Waals surface area contributed by atoms with E-state index in [1.165, 1.54) is 7.11 Å². The molecule has 0 saturated carbocycles. The number of aliphatic imine (C=N–C) groups is 1. The van der Waals surface area contributed by atoms with Crippen LogP contribution in [-0.4, -0.2) is 25.4 Å². The second-order valence-electron chi connectivity index (χ2n) is 3.53. The first-order valence-corrected chi connectivity index (χ1v) is 5.49. The normalized spacial score (nSPS) is 11.1. The van der Waals surface area contributed by atoms with Gasteiger partial charge in [0.15, 0.2) is 0 Å². The molecule has 0 aliphatic heterocycles. The summed E-state index contributed by atoms with van der Waals surface area (Å²) >= 11 is 0. The minimum absolute atomic E-state index is 0.212. The Balaban J connectivity index is 2.67. The summed E-state index contributed by atoms with van der Waals surface area (Å²) in [5, 5.41) is 0. The molecule has 0 spiro atoms. The van der Waals surface area contributed by atoms with Gasteiger partial charge in [0.2, 0.25) is 0 Å². The Kier molecular flexibility index (Phi) is 5.20. The lowest BCUT2D eigenvalue weighted by atomic mass is 10.2. The van der Waals surface area contributed by atoms with Crippen molar-refractivity contribution < 1.29 is 14.3 Å². The van der Waals surface area contributed by atoms with Crippen LogP contribution in [0.2, 0.25) is 0 Å². The van der Waals surface area contributed by atoms with Gasteiger partial charge >= 0.3 is 5.97 Å². The molecule has 0 atom stereocenters. The topological polar surface area (TPSA) is 47.9 Å². The number of benzene rings is 1. The Bertz CT molecular complexity index is 396. The first-order valence-electron chi connectivity index (χ1n) is 5.49. The van der Waals surface area contributed by atoms with Gasteiger partial charge in [-0.05, 0) is 38.1 Å². The molecule has 0 heterocycles. The summed E-state index contributed by atoms with van der Waals surface area (Å²) in [5.41, 5.74) is 1.52. The van der Waals surface area contributed by atoms with Crippen molar-refractivity contribution >= 4 is 17.4 Å². The number of esters is 1. The van der Waals surface area contributed by atoms with Crippen molar-refractivity contribution in [3.05, 3.63) is 24.3 Å². The van der Waals surface area contributed by atoms with Crippen molar-refractivity contribution in [2.45, 2.75) is 20.3 Å². The number of methoxy groups -OCH3 is 1. The summed E-state index contributed by atoms with van der Waals surface area (Å²) in [6.45, 7) is 4.38. The van der Waals surface area contributed by atoms with Gasteiger partial charge in [-0.25, -0.2) is 0 Å². The van der Waals surface area contributed by atoms with Crippen LogP contribution in [0.4, 0.5) is 5.69 Å². The average molecular weight is 235 g/mol. The smallest absolute Gasteiger partial charge is 0.311 e. The monoisotopic (exact) mass is 235 g/mol. The Morgan fingerprint density at radius 2 is 1.94 bits per heavy atom. The largest absolute Gasteiger partial charge is 0.494 e. The lowest BCUT2D eigenvalue weighted by Gasteiger charge is -2.03. The van der Waals surface area contributed by atoms with Crippen LogP contribution in [-0.2, 0) is 9.53 Å². The molecule has 17 heavy (non-hydrogen) atoms. The summed E-state index contributed by atoms with van der Waals surface area (Å²) in [5.74, 6) is 0.536. The number of carbonyl (C=O) groups is 1. The van der Waals surface area contributed by atoms with Gasteiger partial charge in [-0.1, -0.05) is 0 Å². The fourth-order valence-electron chi connectivity index (χ4n) is 1.32. The van der Waals surface area contributed by atoms with Gasteiger partial charge in [0.05, 0.1) is 25.8 Å². The molecule has 0 amide bonds. The third-order valence-electron chi connectivity index (χ3n) is 2.10. The van der Waals surface area contributed by atoms with Crippen LogP contribution in [0.1, 0.15) is 20.3 Å². The number of carbonyl (C=O) groups excluding carboxylic acids is 1. The molecule has 0 fully saturated rings. The van der Waals surface area contributed by atoms with Crippen LogP contribution in [0.15, 0.2) is 29.3 Å². The van der Waals surface area contributed by atoms with E-state index in [0.717, 1.165) is 17.1 Å². The first-order chi connectivity index (χ1) is 8.15. The van der Waals surface area contributed by atoms with Gasteiger partial charge in [0.25, 0.3) is 0 Å². The Morgan fingerprint density at radius 3 is 2.47 bits per heavy atom. The molecule has 4 heteroatoms. The molecule has 92 valence electrons. The molecule has 0 radical (unpaired) electrons. The van der Waals surface area contributed by atoms with Crippen LogP contribution in [0.3, 0.4) is 0 Å². The zero-order valence-corrected chi connectivity index (χ0v) is 10.4. The molecule has 4 nitrogen and oxygen atoms in total. The van der Waals surface area contributed by atoms with E-state index in [-0.39, 0.29) is 12.4 Å². The van der Waals surface area contributed by atoms with E-state index in [2.05, 4.69) is 9.73 Å². The molecule has 0 aliphatic rings. The van der Waals surface area contributed by atoms with Crippen molar-refractivity contribution in [1.82, 2.24) is 0 Å². The van der Waals surface area contributed by atoms with Crippen LogP contribution in [0, 0.1) is 0 Å². The number of hydrogen-bond donors (Lipinski definition) is 0. The third-order valence-corrected chi connectivity index (χ3v) is 2.10. The molecule has 0 N–H and O–H groups in total. The van der Waals surface area contributed by atoms with E-state index in [1.807, 2.05) is 31.2 Å². The maximum absolute atomic E-state index is 11.0. The highest BCUT2D eigenvalue weighted by Crippen LogP contribution is 2.18. The molecule has 0 bridgehead atoms. The Morgan fingerprint density at radius 1 is 1.29 bits per heavy atom. The maximum Gasteiger partial charge on any atom is 0.311 e. The first kappa shape index (κ1) is 13.2. The predicted octanol–water partition coefficient (Wildman–Crippen LogP) is 2.74. The van der Waals surface area contributed by atoms with Gasteiger partial charge < -0.3 is 9.47 Å². The van der Waals surface area contributed by atoms with Crippen LogP contribution in [0.5, 0.6) is 5.75 Å². The second-order valence-corrected chi connectivity index (χ2v) is 3.53. The van der Waals surface area contributed by atoms with Crippen molar-refractivity contribution in [2.24, 2.45) is 4.99 Å². The molecule has 0 aromatic heterocycles. The molecule has 1 aromatic rings. The SMILES string of the molecule is CCOc1ccc(N=C(C)CC(=O)OC)cc1. The van der Waals surface area contributed by atoms with E-state index in [1.54, 1.807) is 6.92 Å². The molecule has 0 unspecified atom stereocenters. The quantitative estimate of drug-likeness (QED) is 0.582. The maximum atomic E-state index is 11.0. The van der Waals surface area contributed by atoms with E-state index in [4.69, 9.17) is 4.74 Å². The predicted molar refractivity (Wildman–Crippen MR) is 67.0 cm³/mol. The highest BCUT2D eigenvalue weighted by molar-refractivity contribution is 5.98. The van der Waals surface area contributed by atoms with Gasteiger partial charge in [-0.3, -0.25) is 9.79 Å². The van der Waals surface area contributed by atoms with Crippen molar-refractivity contribution in [1.29, 1.82) is 0 Å². The van der Waals surface area contributed by atoms with E-state index < -0.39 is 0 Å². The lowest BCUT2D eigenvalue weighted by Crippen LogP contribution is -2.05. The second kappa shape index (κ2) is 6.68. The van der Waals surface area contributed by atoms with Crippen molar-refractivity contribution in [3.8, 4) is 5.75 Å². The summed E-state index contributed by atoms with van der Waals surface area (Å²) < 4.78 is 9.90. The average Bonchev–Trinajstić information content (AvgIpc) is 2.31. The number of nitrogens with zero attached hydrogens (tertiary/aromatic N) is 1. The van der Waals surface area contributed by atoms with Gasteiger partial charge in [-0.15, -0.1) is 0 Å². The number of ether oxygens (including phenoxy) is 2. The van der Waals surface area contributed by atoms with Gasteiger partial charge in [0, 0.05) is 5.71 Å². The zero-order valence-electron chi connectivity index (χ0n) is 10.4. The summed E-state index contributed by atoms with van der Waals surface area (Å²) in [4.78, 5) is 15.3. The number of rotatable bonds is 5. The highest BCUT2D eigenvalue weighted by Gasteiger charge is 2.02. The summed E-state index contributed by atoms with van der Waals surface area (Å²) in [7, 11) is 1.37. The minimum atomic E-state index is -0.280. The molecular weight excluding hydrogens is 218 g/mol. The molecule has 1 rings (SSSR count). The zero-order chi connectivity index (χ0) is 12.7. The Hall–Kier alpha value is -1.84. The summed E-state index contributed by atoms with van der Waals surface area (Å²) in [6, 6.07) is 7.42. The van der Waals surface area contributed by atoms with E-state index in [0.29, 0.717) is 6.61 Å². The van der Waals surface area contributed by atoms with Gasteiger partial charge in [0.1, 0.15) is 5.75 Å². The van der Waals surface area contributed by atoms with Crippen molar-refractivity contribution in [3.63, 3.8) is 0 Å². The molecule has 0 aliphatic carbocycles. The van der Waals surface area contributed by atoms with Gasteiger partial charge in [-0.2, -0.15) is 0 Å². The highest BCUT2D eigenvalue weighted by atomic mass is 16.5. The van der Waals surface area contributed by atoms with Crippen molar-refractivity contribution in [2.75, 3.05) is 13.7 Å². The lowest BCUT2D eigenvalue weighted by molar-refractivity contribution is -0.139. The summed E-state index contributed by atoms with van der Waals surface area (Å²) in [6.07, 6.45) is 0.212. The third kappa shape index (κ3) is 4.68.